The molecule has 34 heavy (non-hydrogen) atoms. The normalized spacial score (nSPS) is 11.2. The molecule has 0 bridgehead atoms. The van der Waals surface area contributed by atoms with Crippen LogP contribution in [0.3, 0.4) is 0 Å². The summed E-state index contributed by atoms with van der Waals surface area (Å²) < 4.78 is 2.12. The van der Waals surface area contributed by atoms with Crippen LogP contribution in [0.5, 0.6) is 0 Å². The molecule has 6 heteroatoms. The molecule has 0 saturated carbocycles. The standard InChI is InChI=1S/C19H20N4.C9H8N2/c1-4-14(2)22-20-13-23-15(3)21-18-12-17(10-11-19(18)23)16-8-6-5-7-9-16;10-9-8-4-2-1-3-7(8)5-6-11-9/h4-12,20H,1,13H2,2-3H3;1-6H,(H2,10,11)/b22-14-;. The lowest BCUT2D eigenvalue weighted by Crippen LogP contribution is -2.15. The van der Waals surface area contributed by atoms with Crippen LogP contribution < -0.4 is 11.2 Å². The molecule has 0 atom stereocenters. The third-order valence-electron chi connectivity index (χ3n) is 5.53. The fourth-order valence-electron chi connectivity index (χ4n) is 3.68. The van der Waals surface area contributed by atoms with Crippen LogP contribution in [0.15, 0.2) is 103 Å². The maximum absolute atomic E-state index is 5.65. The van der Waals surface area contributed by atoms with E-state index < -0.39 is 0 Å². The van der Waals surface area contributed by atoms with Crippen LogP contribution in [-0.2, 0) is 6.67 Å². The van der Waals surface area contributed by atoms with Gasteiger partial charge in [-0.25, -0.2) is 9.97 Å². The van der Waals surface area contributed by atoms with Crippen molar-refractivity contribution in [1.82, 2.24) is 20.0 Å². The number of aromatic nitrogens is 3. The van der Waals surface area contributed by atoms with Gasteiger partial charge in [0.05, 0.1) is 16.7 Å². The summed E-state index contributed by atoms with van der Waals surface area (Å²) in [7, 11) is 0. The van der Waals surface area contributed by atoms with Crippen LogP contribution in [-0.4, -0.2) is 20.2 Å². The molecule has 3 aromatic carbocycles. The van der Waals surface area contributed by atoms with Crippen molar-refractivity contribution in [2.24, 2.45) is 5.10 Å². The van der Waals surface area contributed by atoms with Crippen LogP contribution in [0.4, 0.5) is 5.82 Å². The first-order chi connectivity index (χ1) is 16.6. The number of aryl methyl sites for hydroxylation is 1. The minimum Gasteiger partial charge on any atom is -0.383 e. The van der Waals surface area contributed by atoms with Crippen molar-refractivity contribution < 1.29 is 0 Å². The lowest BCUT2D eigenvalue weighted by Gasteiger charge is -2.07. The third-order valence-corrected chi connectivity index (χ3v) is 5.53. The molecule has 2 aromatic heterocycles. The Morgan fingerprint density at radius 3 is 2.56 bits per heavy atom. The number of anilines is 1. The first-order valence-corrected chi connectivity index (χ1v) is 11.1. The van der Waals surface area contributed by atoms with Crippen molar-refractivity contribution >= 4 is 33.3 Å². The molecule has 0 fully saturated rings. The van der Waals surface area contributed by atoms with Gasteiger partial charge in [-0.2, -0.15) is 5.10 Å². The zero-order chi connectivity index (χ0) is 23.9. The first kappa shape index (κ1) is 22.7. The maximum Gasteiger partial charge on any atom is 0.131 e. The average molecular weight is 449 g/mol. The minimum absolute atomic E-state index is 0.582. The van der Waals surface area contributed by atoms with Gasteiger partial charge < -0.3 is 10.3 Å². The number of fused-ring (bicyclic) bond motifs is 2. The molecule has 0 aliphatic heterocycles. The Kier molecular flexibility index (Phi) is 6.98. The second kappa shape index (κ2) is 10.4. The number of pyridine rings is 1. The summed E-state index contributed by atoms with van der Waals surface area (Å²) in [5.41, 5.74) is 14.0. The molecule has 3 N–H and O–H groups in total. The molecule has 2 heterocycles. The van der Waals surface area contributed by atoms with Crippen LogP contribution >= 0.6 is 0 Å². The SMILES string of the molecule is C=C/C(C)=N\NCn1c(C)nc2cc(-c3ccccc3)ccc21.Nc1nccc2ccccc12. The number of hydrazone groups is 1. The van der Waals surface area contributed by atoms with E-state index >= 15 is 0 Å². The number of rotatable bonds is 5. The van der Waals surface area contributed by atoms with E-state index in [0.29, 0.717) is 12.5 Å². The summed E-state index contributed by atoms with van der Waals surface area (Å²) in [4.78, 5) is 8.66. The number of nitrogens with zero attached hydrogens (tertiary/aromatic N) is 4. The van der Waals surface area contributed by atoms with E-state index in [1.165, 1.54) is 11.1 Å². The molecule has 5 rings (SSSR count). The number of nitrogens with one attached hydrogen (secondary N) is 1. The molecule has 0 aliphatic carbocycles. The maximum atomic E-state index is 5.65. The van der Waals surface area contributed by atoms with Gasteiger partial charge in [0.15, 0.2) is 0 Å². The quantitative estimate of drug-likeness (QED) is 0.258. The van der Waals surface area contributed by atoms with Crippen LogP contribution in [0, 0.1) is 6.92 Å². The highest BCUT2D eigenvalue weighted by Gasteiger charge is 2.08. The number of benzene rings is 3. The number of hydrogen-bond donors (Lipinski definition) is 2. The van der Waals surface area contributed by atoms with Crippen molar-refractivity contribution in [3.8, 4) is 11.1 Å². The van der Waals surface area contributed by atoms with Gasteiger partial charge in [0.2, 0.25) is 0 Å². The lowest BCUT2D eigenvalue weighted by molar-refractivity contribution is 0.582. The summed E-state index contributed by atoms with van der Waals surface area (Å²) in [6, 6.07) is 26.6. The number of hydrogen-bond acceptors (Lipinski definition) is 5. The number of imidazole rings is 1. The highest BCUT2D eigenvalue weighted by molar-refractivity contribution is 5.92. The van der Waals surface area contributed by atoms with E-state index in [-0.39, 0.29) is 0 Å². The van der Waals surface area contributed by atoms with Gasteiger partial charge in [-0.1, -0.05) is 67.2 Å². The Morgan fingerprint density at radius 2 is 1.79 bits per heavy atom. The number of nitrogen functional groups attached to an aromatic ring is 1. The van der Waals surface area contributed by atoms with E-state index in [1.807, 2.05) is 62.4 Å². The zero-order valence-corrected chi connectivity index (χ0v) is 19.4. The van der Waals surface area contributed by atoms with Crippen molar-refractivity contribution in [3.63, 3.8) is 0 Å². The van der Waals surface area contributed by atoms with Gasteiger partial charge in [0, 0.05) is 11.6 Å². The predicted octanol–water partition coefficient (Wildman–Crippen LogP) is 5.94. The molecule has 0 unspecified atom stereocenters. The van der Waals surface area contributed by atoms with Gasteiger partial charge in [-0.05, 0) is 54.6 Å². The monoisotopic (exact) mass is 448 g/mol. The van der Waals surface area contributed by atoms with Crippen molar-refractivity contribution in [1.29, 1.82) is 0 Å². The largest absolute Gasteiger partial charge is 0.383 e. The third kappa shape index (κ3) is 5.13. The molecule has 0 aliphatic rings. The Bertz CT molecular complexity index is 1450. The molecule has 5 aromatic rings. The Balaban J connectivity index is 0.000000207. The molecule has 6 nitrogen and oxygen atoms in total. The van der Waals surface area contributed by atoms with Crippen LogP contribution in [0.1, 0.15) is 12.7 Å². The summed E-state index contributed by atoms with van der Waals surface area (Å²) in [5, 5.41) is 6.39. The molecular weight excluding hydrogens is 420 g/mol. The van der Waals surface area contributed by atoms with Gasteiger partial charge in [-0.3, -0.25) is 5.43 Å². The van der Waals surface area contributed by atoms with E-state index in [4.69, 9.17) is 5.73 Å². The fraction of sp³-hybridized carbons (Fsp3) is 0.107. The van der Waals surface area contributed by atoms with Crippen LogP contribution in [0.2, 0.25) is 0 Å². The summed E-state index contributed by atoms with van der Waals surface area (Å²) in [6.45, 7) is 8.19. The topological polar surface area (TPSA) is 81.1 Å². The van der Waals surface area contributed by atoms with Gasteiger partial charge in [0.25, 0.3) is 0 Å². The predicted molar refractivity (Wildman–Crippen MR) is 143 cm³/mol. The fourth-order valence-corrected chi connectivity index (χ4v) is 3.68. The highest BCUT2D eigenvalue weighted by Crippen LogP contribution is 2.24. The minimum atomic E-state index is 0.582. The molecular formula is C28H28N6. The second-order valence-electron chi connectivity index (χ2n) is 7.85. The summed E-state index contributed by atoms with van der Waals surface area (Å²) >= 11 is 0. The number of allylic oxidation sites excluding steroid dienone is 1. The molecule has 0 spiro atoms. The van der Waals surface area contributed by atoms with Crippen molar-refractivity contribution in [3.05, 3.63) is 104 Å². The van der Waals surface area contributed by atoms with Crippen LogP contribution in [0.25, 0.3) is 32.9 Å². The van der Waals surface area contributed by atoms with E-state index in [2.05, 4.69) is 62.0 Å². The lowest BCUT2D eigenvalue weighted by atomic mass is 10.1. The smallest absolute Gasteiger partial charge is 0.131 e. The Hall–Kier alpha value is -4.45. The van der Waals surface area contributed by atoms with E-state index in [9.17, 15) is 0 Å². The van der Waals surface area contributed by atoms with E-state index in [1.54, 1.807) is 12.3 Å². The number of nitrogens with two attached hydrogens (primary N) is 1. The van der Waals surface area contributed by atoms with E-state index in [0.717, 1.165) is 33.3 Å². The Labute approximate surface area is 199 Å². The summed E-state index contributed by atoms with van der Waals surface area (Å²) in [6.07, 6.45) is 3.44. The van der Waals surface area contributed by atoms with Crippen molar-refractivity contribution in [2.45, 2.75) is 20.5 Å². The average Bonchev–Trinajstić information content (AvgIpc) is 3.19. The highest BCUT2D eigenvalue weighted by atomic mass is 15.4. The molecule has 0 amide bonds. The van der Waals surface area contributed by atoms with Gasteiger partial charge in [-0.15, -0.1) is 0 Å². The molecule has 0 radical (unpaired) electrons. The van der Waals surface area contributed by atoms with Gasteiger partial charge in [0.1, 0.15) is 18.3 Å². The van der Waals surface area contributed by atoms with Crippen molar-refractivity contribution in [2.75, 3.05) is 5.73 Å². The second-order valence-corrected chi connectivity index (χ2v) is 7.85. The molecule has 0 saturated heterocycles. The molecule has 170 valence electrons. The van der Waals surface area contributed by atoms with Gasteiger partial charge >= 0.3 is 0 Å². The Morgan fingerprint density at radius 1 is 1.03 bits per heavy atom. The zero-order valence-electron chi connectivity index (χ0n) is 19.4. The summed E-state index contributed by atoms with van der Waals surface area (Å²) in [5.74, 6) is 1.56. The first-order valence-electron chi connectivity index (χ1n) is 11.1.